The number of fused-ring (bicyclic) bond motifs is 1. The second-order valence-electron chi connectivity index (χ2n) is 5.61. The van der Waals surface area contributed by atoms with Crippen molar-refractivity contribution in [1.82, 2.24) is 18.0 Å². The highest BCUT2D eigenvalue weighted by atomic mass is 32.2. The van der Waals surface area contributed by atoms with E-state index in [9.17, 15) is 8.42 Å². The fourth-order valence-electron chi connectivity index (χ4n) is 3.08. The third-order valence-corrected chi connectivity index (χ3v) is 6.76. The Bertz CT molecular complexity index is 761. The fraction of sp³-hybridized carbons (Fsp3) is 0.538. The molecule has 2 aromatic rings. The van der Waals surface area contributed by atoms with Crippen LogP contribution in [0.3, 0.4) is 0 Å². The van der Waals surface area contributed by atoms with E-state index in [-0.39, 0.29) is 4.90 Å². The molecule has 3 heterocycles. The van der Waals surface area contributed by atoms with Crippen LogP contribution in [-0.4, -0.2) is 58.6 Å². The van der Waals surface area contributed by atoms with Crippen molar-refractivity contribution in [1.29, 1.82) is 0 Å². The summed E-state index contributed by atoms with van der Waals surface area (Å²) in [5.41, 5.74) is 1.14. The molecule has 0 radical (unpaired) electrons. The molecule has 0 spiro atoms. The molecule has 6 nitrogen and oxygen atoms in total. The quantitative estimate of drug-likeness (QED) is 0.847. The average molecular weight is 324 g/mol. The summed E-state index contributed by atoms with van der Waals surface area (Å²) in [4.78, 5) is 2.69. The standard InChI is InChI=1S/C13H16N4O2S2/c18-21(19,12-5-3-4-11-13(12)15-20-14-11)17-8-10(9-17)16-6-1-2-7-16/h3-5,10H,1-2,6-9H2. The Balaban J connectivity index is 1.59. The number of aromatic nitrogens is 2. The van der Waals surface area contributed by atoms with Crippen LogP contribution in [0.1, 0.15) is 12.8 Å². The predicted octanol–water partition coefficient (Wildman–Crippen LogP) is 1.16. The van der Waals surface area contributed by atoms with Gasteiger partial charge in [0.15, 0.2) is 0 Å². The molecule has 0 atom stereocenters. The van der Waals surface area contributed by atoms with Crippen LogP contribution in [0.15, 0.2) is 23.1 Å². The van der Waals surface area contributed by atoms with Crippen molar-refractivity contribution in [3.63, 3.8) is 0 Å². The summed E-state index contributed by atoms with van der Waals surface area (Å²) < 4.78 is 35.3. The molecule has 2 aliphatic heterocycles. The molecule has 2 fully saturated rings. The van der Waals surface area contributed by atoms with Gasteiger partial charge in [-0.2, -0.15) is 13.1 Å². The largest absolute Gasteiger partial charge is 0.298 e. The van der Waals surface area contributed by atoms with Gasteiger partial charge in [0.2, 0.25) is 10.0 Å². The van der Waals surface area contributed by atoms with Crippen LogP contribution in [0.25, 0.3) is 11.0 Å². The van der Waals surface area contributed by atoms with Gasteiger partial charge in [0, 0.05) is 19.1 Å². The van der Waals surface area contributed by atoms with Crippen molar-refractivity contribution >= 4 is 32.8 Å². The van der Waals surface area contributed by atoms with Gasteiger partial charge < -0.3 is 0 Å². The summed E-state index contributed by atoms with van der Waals surface area (Å²) in [6, 6.07) is 5.53. The van der Waals surface area contributed by atoms with E-state index in [1.807, 2.05) is 0 Å². The lowest BCUT2D eigenvalue weighted by atomic mass is 10.1. The maximum Gasteiger partial charge on any atom is 0.245 e. The first kappa shape index (κ1) is 13.6. The highest BCUT2D eigenvalue weighted by molar-refractivity contribution is 7.89. The van der Waals surface area contributed by atoms with Gasteiger partial charge in [-0.15, -0.1) is 0 Å². The van der Waals surface area contributed by atoms with Crippen LogP contribution in [0.5, 0.6) is 0 Å². The number of rotatable bonds is 3. The fourth-order valence-corrected chi connectivity index (χ4v) is 5.35. The molecule has 4 rings (SSSR count). The van der Waals surface area contributed by atoms with Gasteiger partial charge in [0.1, 0.15) is 15.9 Å². The van der Waals surface area contributed by atoms with Crippen LogP contribution in [0.2, 0.25) is 0 Å². The minimum atomic E-state index is -3.45. The van der Waals surface area contributed by atoms with E-state index in [4.69, 9.17) is 0 Å². The van der Waals surface area contributed by atoms with Gasteiger partial charge in [-0.1, -0.05) is 6.07 Å². The van der Waals surface area contributed by atoms with E-state index in [0.29, 0.717) is 30.2 Å². The number of benzene rings is 1. The third-order valence-electron chi connectivity index (χ3n) is 4.35. The molecule has 0 saturated carbocycles. The lowest BCUT2D eigenvalue weighted by Crippen LogP contribution is -2.60. The monoisotopic (exact) mass is 324 g/mol. The Morgan fingerprint density at radius 1 is 1.14 bits per heavy atom. The smallest absolute Gasteiger partial charge is 0.245 e. The molecule has 1 aromatic carbocycles. The molecular formula is C13H16N4O2S2. The molecule has 2 saturated heterocycles. The molecule has 0 unspecified atom stereocenters. The van der Waals surface area contributed by atoms with Crippen molar-refractivity contribution < 1.29 is 8.42 Å². The summed E-state index contributed by atoms with van der Waals surface area (Å²) >= 11 is 1.05. The van der Waals surface area contributed by atoms with E-state index in [1.54, 1.807) is 22.5 Å². The summed E-state index contributed by atoms with van der Waals surface area (Å²) in [6.45, 7) is 3.39. The number of hydrogen-bond donors (Lipinski definition) is 0. The molecular weight excluding hydrogens is 308 g/mol. The van der Waals surface area contributed by atoms with Gasteiger partial charge in [0.25, 0.3) is 0 Å². The Labute approximate surface area is 127 Å². The van der Waals surface area contributed by atoms with Crippen molar-refractivity contribution in [2.24, 2.45) is 0 Å². The second kappa shape index (κ2) is 4.98. The molecule has 1 aromatic heterocycles. The maximum atomic E-state index is 12.7. The van der Waals surface area contributed by atoms with Crippen LogP contribution in [-0.2, 0) is 10.0 Å². The number of nitrogens with zero attached hydrogens (tertiary/aromatic N) is 4. The van der Waals surface area contributed by atoms with Gasteiger partial charge in [-0.05, 0) is 38.1 Å². The van der Waals surface area contributed by atoms with E-state index in [0.717, 1.165) is 24.8 Å². The topological polar surface area (TPSA) is 66.4 Å². The van der Waals surface area contributed by atoms with Crippen LogP contribution < -0.4 is 0 Å². The Morgan fingerprint density at radius 3 is 2.67 bits per heavy atom. The first-order valence-electron chi connectivity index (χ1n) is 7.12. The third kappa shape index (κ3) is 2.17. The van der Waals surface area contributed by atoms with Crippen molar-refractivity contribution in [2.75, 3.05) is 26.2 Å². The van der Waals surface area contributed by atoms with Crippen LogP contribution in [0.4, 0.5) is 0 Å². The second-order valence-corrected chi connectivity index (χ2v) is 8.04. The van der Waals surface area contributed by atoms with Crippen molar-refractivity contribution in [2.45, 2.75) is 23.8 Å². The molecule has 0 aliphatic carbocycles. The molecule has 2 aliphatic rings. The maximum absolute atomic E-state index is 12.7. The number of sulfonamides is 1. The molecule has 0 bridgehead atoms. The number of hydrogen-bond acceptors (Lipinski definition) is 6. The average Bonchev–Trinajstić information content (AvgIpc) is 3.06. The SMILES string of the molecule is O=S(=O)(c1cccc2nsnc12)N1CC(N2CCCC2)C1. The number of likely N-dealkylation sites (tertiary alicyclic amines) is 1. The zero-order valence-electron chi connectivity index (χ0n) is 11.5. The van der Waals surface area contributed by atoms with Crippen molar-refractivity contribution in [3.05, 3.63) is 18.2 Å². The highest BCUT2D eigenvalue weighted by Gasteiger charge is 2.41. The lowest BCUT2D eigenvalue weighted by molar-refractivity contribution is 0.110. The van der Waals surface area contributed by atoms with E-state index >= 15 is 0 Å². The first-order chi connectivity index (χ1) is 10.2. The predicted molar refractivity (Wildman–Crippen MR) is 80.8 cm³/mol. The normalized spacial score (nSPS) is 21.9. The molecule has 21 heavy (non-hydrogen) atoms. The van der Waals surface area contributed by atoms with E-state index < -0.39 is 10.0 Å². The van der Waals surface area contributed by atoms with E-state index in [2.05, 4.69) is 13.6 Å². The Kier molecular flexibility index (Phi) is 3.21. The van der Waals surface area contributed by atoms with Crippen LogP contribution >= 0.6 is 11.7 Å². The van der Waals surface area contributed by atoms with Crippen molar-refractivity contribution in [3.8, 4) is 0 Å². The summed E-state index contributed by atoms with van der Waals surface area (Å²) in [5.74, 6) is 0. The van der Waals surface area contributed by atoms with Gasteiger partial charge in [-0.3, -0.25) is 4.90 Å². The minimum absolute atomic E-state index is 0.286. The minimum Gasteiger partial charge on any atom is -0.298 e. The molecule has 0 N–H and O–H groups in total. The van der Waals surface area contributed by atoms with E-state index in [1.165, 1.54) is 12.8 Å². The Morgan fingerprint density at radius 2 is 1.90 bits per heavy atom. The first-order valence-corrected chi connectivity index (χ1v) is 9.29. The lowest BCUT2D eigenvalue weighted by Gasteiger charge is -2.42. The Hall–Kier alpha value is -1.09. The highest BCUT2D eigenvalue weighted by Crippen LogP contribution is 2.29. The summed E-state index contributed by atoms with van der Waals surface area (Å²) in [7, 11) is -3.45. The zero-order chi connectivity index (χ0) is 14.4. The molecule has 112 valence electrons. The van der Waals surface area contributed by atoms with Crippen LogP contribution in [0, 0.1) is 0 Å². The zero-order valence-corrected chi connectivity index (χ0v) is 13.1. The summed E-state index contributed by atoms with van der Waals surface area (Å²) in [6.07, 6.45) is 2.46. The van der Waals surface area contributed by atoms with Gasteiger partial charge >= 0.3 is 0 Å². The van der Waals surface area contributed by atoms with Gasteiger partial charge in [-0.25, -0.2) is 8.42 Å². The summed E-state index contributed by atoms with van der Waals surface area (Å²) in [5, 5.41) is 0. The van der Waals surface area contributed by atoms with Gasteiger partial charge in [0.05, 0.1) is 11.7 Å². The molecule has 8 heteroatoms. The molecule has 0 amide bonds.